The van der Waals surface area contributed by atoms with E-state index in [1.54, 1.807) is 7.11 Å². The maximum atomic E-state index is 6.07. The summed E-state index contributed by atoms with van der Waals surface area (Å²) >= 11 is 0. The van der Waals surface area contributed by atoms with Gasteiger partial charge in [0.25, 0.3) is 0 Å². The summed E-state index contributed by atoms with van der Waals surface area (Å²) in [5.41, 5.74) is 7.64. The minimum atomic E-state index is 0.215. The first kappa shape index (κ1) is 10.5. The summed E-state index contributed by atoms with van der Waals surface area (Å²) in [5, 5.41) is 0. The second kappa shape index (κ2) is 3.53. The lowest BCUT2D eigenvalue weighted by atomic mass is 9.84. The van der Waals surface area contributed by atoms with Crippen molar-refractivity contribution >= 4 is 0 Å². The zero-order valence-electron chi connectivity index (χ0n) is 9.66. The largest absolute Gasteiger partial charge is 0.497 e. The lowest BCUT2D eigenvalue weighted by Crippen LogP contribution is -2.24. The van der Waals surface area contributed by atoms with E-state index in [4.69, 9.17) is 10.5 Å². The fourth-order valence-corrected chi connectivity index (χ4v) is 2.54. The van der Waals surface area contributed by atoms with Crippen molar-refractivity contribution in [3.05, 3.63) is 29.8 Å². The Bertz CT molecular complexity index is 344. The smallest absolute Gasteiger partial charge is 0.118 e. The van der Waals surface area contributed by atoms with Crippen LogP contribution in [0.5, 0.6) is 5.75 Å². The summed E-state index contributed by atoms with van der Waals surface area (Å²) < 4.78 is 5.16. The van der Waals surface area contributed by atoms with Crippen LogP contribution in [0.25, 0.3) is 0 Å². The van der Waals surface area contributed by atoms with Gasteiger partial charge in [0.05, 0.1) is 7.11 Å². The van der Waals surface area contributed by atoms with Crippen LogP contribution in [0.1, 0.15) is 25.8 Å². The average Bonchev–Trinajstić information content (AvgIpc) is 2.92. The number of ether oxygens (including phenoxy) is 1. The molecule has 82 valence electrons. The highest BCUT2D eigenvalue weighted by Gasteiger charge is 2.55. The van der Waals surface area contributed by atoms with Crippen molar-refractivity contribution in [2.24, 2.45) is 11.7 Å². The van der Waals surface area contributed by atoms with Crippen molar-refractivity contribution in [2.45, 2.75) is 31.7 Å². The van der Waals surface area contributed by atoms with Gasteiger partial charge >= 0.3 is 0 Å². The van der Waals surface area contributed by atoms with E-state index in [1.165, 1.54) is 5.56 Å². The monoisotopic (exact) mass is 205 g/mol. The molecule has 1 unspecified atom stereocenters. The fourth-order valence-electron chi connectivity index (χ4n) is 2.54. The Hall–Kier alpha value is -1.02. The van der Waals surface area contributed by atoms with Crippen molar-refractivity contribution in [3.63, 3.8) is 0 Å². The molecule has 0 spiro atoms. The number of hydrogen-bond acceptors (Lipinski definition) is 2. The molecule has 15 heavy (non-hydrogen) atoms. The number of nitrogens with two attached hydrogens (primary N) is 1. The Balaban J connectivity index is 2.29. The number of rotatable bonds is 3. The number of benzene rings is 1. The van der Waals surface area contributed by atoms with Gasteiger partial charge in [0.1, 0.15) is 5.75 Å². The van der Waals surface area contributed by atoms with Crippen LogP contribution in [0.4, 0.5) is 0 Å². The second-order valence-electron chi connectivity index (χ2n) is 4.73. The molecule has 1 aromatic carbocycles. The van der Waals surface area contributed by atoms with Crippen molar-refractivity contribution in [3.8, 4) is 5.75 Å². The highest BCUT2D eigenvalue weighted by Crippen LogP contribution is 2.52. The third kappa shape index (κ3) is 1.53. The van der Waals surface area contributed by atoms with E-state index >= 15 is 0 Å². The minimum Gasteiger partial charge on any atom is -0.497 e. The molecule has 2 N–H and O–H groups in total. The van der Waals surface area contributed by atoms with Crippen LogP contribution in [-0.2, 0) is 5.41 Å². The lowest BCUT2D eigenvalue weighted by Gasteiger charge is -2.21. The molecule has 1 aliphatic carbocycles. The van der Waals surface area contributed by atoms with E-state index in [0.717, 1.165) is 12.2 Å². The van der Waals surface area contributed by atoms with Gasteiger partial charge in [-0.3, -0.25) is 0 Å². The molecule has 2 heteroatoms. The van der Waals surface area contributed by atoms with Gasteiger partial charge in [0.15, 0.2) is 0 Å². The molecule has 0 bridgehead atoms. The molecule has 0 heterocycles. The lowest BCUT2D eigenvalue weighted by molar-refractivity contribution is 0.413. The van der Waals surface area contributed by atoms with Gasteiger partial charge in [-0.25, -0.2) is 0 Å². The van der Waals surface area contributed by atoms with Gasteiger partial charge in [0.2, 0.25) is 0 Å². The molecule has 0 radical (unpaired) electrons. The normalized spacial score (nSPS) is 29.3. The third-order valence-corrected chi connectivity index (χ3v) is 3.72. The molecule has 2 atom stereocenters. The van der Waals surface area contributed by atoms with Crippen molar-refractivity contribution < 1.29 is 4.74 Å². The van der Waals surface area contributed by atoms with E-state index in [1.807, 2.05) is 12.1 Å². The predicted molar refractivity (Wildman–Crippen MR) is 62.1 cm³/mol. The summed E-state index contributed by atoms with van der Waals surface area (Å²) in [4.78, 5) is 0. The van der Waals surface area contributed by atoms with Gasteiger partial charge < -0.3 is 10.5 Å². The van der Waals surface area contributed by atoms with Gasteiger partial charge in [-0.15, -0.1) is 0 Å². The zero-order chi connectivity index (χ0) is 11.1. The van der Waals surface area contributed by atoms with Gasteiger partial charge in [-0.2, -0.15) is 0 Å². The molecular weight excluding hydrogens is 186 g/mol. The van der Waals surface area contributed by atoms with E-state index in [0.29, 0.717) is 12.0 Å². The van der Waals surface area contributed by atoms with Crippen LogP contribution in [0.15, 0.2) is 24.3 Å². The molecule has 0 aliphatic heterocycles. The molecule has 2 nitrogen and oxygen atoms in total. The summed E-state index contributed by atoms with van der Waals surface area (Å²) in [5.74, 6) is 1.51. The first-order chi connectivity index (χ1) is 7.11. The first-order valence-corrected chi connectivity index (χ1v) is 5.51. The standard InChI is InChI=1S/C13H19NO/c1-9(2)13(8-12(13)14)10-4-6-11(15-3)7-5-10/h4-7,9,12H,8,14H2,1-3H3/t12-,13?/m1/s1. The molecule has 1 saturated carbocycles. The van der Waals surface area contributed by atoms with Crippen molar-refractivity contribution in [2.75, 3.05) is 7.11 Å². The maximum Gasteiger partial charge on any atom is 0.118 e. The summed E-state index contributed by atoms with van der Waals surface area (Å²) in [6, 6.07) is 8.65. The van der Waals surface area contributed by atoms with Crippen molar-refractivity contribution in [1.82, 2.24) is 0 Å². The number of methoxy groups -OCH3 is 1. The van der Waals surface area contributed by atoms with Crippen LogP contribution in [-0.4, -0.2) is 13.2 Å². The summed E-state index contributed by atoms with van der Waals surface area (Å²) in [6.45, 7) is 4.49. The topological polar surface area (TPSA) is 35.2 Å². The minimum absolute atomic E-state index is 0.215. The van der Waals surface area contributed by atoms with E-state index in [9.17, 15) is 0 Å². The van der Waals surface area contributed by atoms with Crippen molar-refractivity contribution in [1.29, 1.82) is 0 Å². The Morgan fingerprint density at radius 3 is 2.20 bits per heavy atom. The van der Waals surface area contributed by atoms with E-state index in [2.05, 4.69) is 26.0 Å². The third-order valence-electron chi connectivity index (χ3n) is 3.72. The summed E-state index contributed by atoms with van der Waals surface area (Å²) in [6.07, 6.45) is 1.11. The molecule has 1 aliphatic rings. The molecule has 0 aromatic heterocycles. The highest BCUT2D eigenvalue weighted by molar-refractivity contribution is 5.39. The van der Waals surface area contributed by atoms with Crippen LogP contribution in [0.2, 0.25) is 0 Å². The average molecular weight is 205 g/mol. The molecule has 0 amide bonds. The van der Waals surface area contributed by atoms with Gasteiger partial charge in [0, 0.05) is 11.5 Å². The van der Waals surface area contributed by atoms with E-state index < -0.39 is 0 Å². The van der Waals surface area contributed by atoms with E-state index in [-0.39, 0.29) is 5.41 Å². The molecule has 0 saturated heterocycles. The van der Waals surface area contributed by atoms with Gasteiger partial charge in [-0.1, -0.05) is 26.0 Å². The molecule has 2 rings (SSSR count). The molecular formula is C13H19NO. The predicted octanol–water partition coefficient (Wildman–Crippen LogP) is 2.32. The Morgan fingerprint density at radius 1 is 1.33 bits per heavy atom. The SMILES string of the molecule is COc1ccc(C2(C(C)C)C[C@H]2N)cc1. The highest BCUT2D eigenvalue weighted by atomic mass is 16.5. The molecule has 1 aromatic rings. The summed E-state index contributed by atoms with van der Waals surface area (Å²) in [7, 11) is 1.69. The Morgan fingerprint density at radius 2 is 1.87 bits per heavy atom. The number of hydrogen-bond donors (Lipinski definition) is 1. The van der Waals surface area contributed by atoms with Crippen LogP contribution >= 0.6 is 0 Å². The van der Waals surface area contributed by atoms with Gasteiger partial charge in [-0.05, 0) is 30.0 Å². The zero-order valence-corrected chi connectivity index (χ0v) is 9.66. The molecule has 1 fully saturated rings. The van der Waals surface area contributed by atoms with Crippen LogP contribution in [0.3, 0.4) is 0 Å². The quantitative estimate of drug-likeness (QED) is 0.822. The second-order valence-corrected chi connectivity index (χ2v) is 4.73. The fraction of sp³-hybridized carbons (Fsp3) is 0.538. The Kier molecular flexibility index (Phi) is 2.47. The van der Waals surface area contributed by atoms with Crippen LogP contribution in [0, 0.1) is 5.92 Å². The Labute approximate surface area is 91.4 Å². The maximum absolute atomic E-state index is 6.07. The first-order valence-electron chi connectivity index (χ1n) is 5.51. The van der Waals surface area contributed by atoms with Crippen LogP contribution < -0.4 is 10.5 Å².